The van der Waals surface area contributed by atoms with E-state index < -0.39 is 10.0 Å². The van der Waals surface area contributed by atoms with Crippen molar-refractivity contribution in [3.05, 3.63) is 47.5 Å². The van der Waals surface area contributed by atoms with E-state index in [2.05, 4.69) is 4.72 Å². The van der Waals surface area contributed by atoms with Gasteiger partial charge in [0.25, 0.3) is 10.0 Å². The molecule has 27 heavy (non-hydrogen) atoms. The molecule has 1 N–H and O–H groups in total. The predicted molar refractivity (Wildman–Crippen MR) is 106 cm³/mol. The van der Waals surface area contributed by atoms with Gasteiger partial charge in [-0.1, -0.05) is 0 Å². The van der Waals surface area contributed by atoms with Crippen LogP contribution in [0, 0.1) is 13.8 Å². The quantitative estimate of drug-likeness (QED) is 0.820. The number of amides is 1. The molecule has 0 bridgehead atoms. The summed E-state index contributed by atoms with van der Waals surface area (Å²) in [5, 5.41) is 0. The van der Waals surface area contributed by atoms with E-state index in [1.165, 1.54) is 6.07 Å². The van der Waals surface area contributed by atoms with Crippen LogP contribution >= 0.6 is 0 Å². The average Bonchev–Trinajstić information content (AvgIpc) is 3.02. The second-order valence-electron chi connectivity index (χ2n) is 6.62. The fourth-order valence-electron chi connectivity index (χ4n) is 3.25. The highest BCUT2D eigenvalue weighted by Gasteiger charge is 2.23. The van der Waals surface area contributed by atoms with E-state index in [1.54, 1.807) is 35.2 Å². The maximum atomic E-state index is 12.7. The first-order valence-electron chi connectivity index (χ1n) is 8.99. The molecule has 6 nitrogen and oxygen atoms in total. The molecule has 0 saturated carbocycles. The summed E-state index contributed by atoms with van der Waals surface area (Å²) in [5.74, 6) is 0.781. The van der Waals surface area contributed by atoms with Crippen LogP contribution in [0.15, 0.2) is 41.3 Å². The van der Waals surface area contributed by atoms with Gasteiger partial charge >= 0.3 is 0 Å². The normalized spacial score (nSPS) is 14.5. The van der Waals surface area contributed by atoms with Crippen molar-refractivity contribution in [3.8, 4) is 5.75 Å². The van der Waals surface area contributed by atoms with Crippen molar-refractivity contribution in [2.75, 3.05) is 22.8 Å². The second-order valence-corrected chi connectivity index (χ2v) is 8.30. The molecule has 1 aliphatic rings. The van der Waals surface area contributed by atoms with Crippen LogP contribution < -0.4 is 14.4 Å². The minimum atomic E-state index is -3.71. The molecule has 1 aliphatic heterocycles. The molecule has 0 aliphatic carbocycles. The summed E-state index contributed by atoms with van der Waals surface area (Å²) in [6.07, 6.45) is 1.41. The molecule has 2 aromatic carbocycles. The van der Waals surface area contributed by atoms with Gasteiger partial charge in [0.1, 0.15) is 5.75 Å². The molecule has 0 atom stereocenters. The number of carbonyl (C=O) groups excluding carboxylic acids is 1. The van der Waals surface area contributed by atoms with E-state index in [4.69, 9.17) is 4.74 Å². The number of hydrogen-bond acceptors (Lipinski definition) is 4. The van der Waals surface area contributed by atoms with Crippen molar-refractivity contribution in [3.63, 3.8) is 0 Å². The van der Waals surface area contributed by atoms with E-state index >= 15 is 0 Å². The standard InChI is InChI=1S/C20H24N2O4S/c1-4-26-19-10-8-17(13-15(19)3)27(24,25)21-16-7-9-18(14(2)12-16)22-11-5-6-20(22)23/h7-10,12-13,21H,4-6,11H2,1-3H3. The topological polar surface area (TPSA) is 75.7 Å². The van der Waals surface area contributed by atoms with Crippen LogP contribution in [0.25, 0.3) is 0 Å². The summed E-state index contributed by atoms with van der Waals surface area (Å²) < 4.78 is 33.5. The number of anilines is 2. The summed E-state index contributed by atoms with van der Waals surface area (Å²) in [6.45, 7) is 6.80. The molecule has 0 spiro atoms. The Morgan fingerprint density at radius 2 is 1.89 bits per heavy atom. The third-order valence-electron chi connectivity index (χ3n) is 4.57. The SMILES string of the molecule is CCOc1ccc(S(=O)(=O)Nc2ccc(N3CCCC3=O)c(C)c2)cc1C. The van der Waals surface area contributed by atoms with Gasteiger partial charge in [0.05, 0.1) is 11.5 Å². The smallest absolute Gasteiger partial charge is 0.261 e. The molecular weight excluding hydrogens is 364 g/mol. The van der Waals surface area contributed by atoms with Gasteiger partial charge in [-0.25, -0.2) is 8.42 Å². The summed E-state index contributed by atoms with van der Waals surface area (Å²) in [7, 11) is -3.71. The molecule has 1 amide bonds. The van der Waals surface area contributed by atoms with Gasteiger partial charge in [0, 0.05) is 24.3 Å². The summed E-state index contributed by atoms with van der Waals surface area (Å²) in [6, 6.07) is 10.0. The molecule has 0 aromatic heterocycles. The lowest BCUT2D eigenvalue weighted by molar-refractivity contribution is -0.117. The first kappa shape index (κ1) is 19.2. The minimum Gasteiger partial charge on any atom is -0.494 e. The number of nitrogens with zero attached hydrogens (tertiary/aromatic N) is 1. The molecule has 1 saturated heterocycles. The van der Waals surface area contributed by atoms with Gasteiger partial charge in [-0.3, -0.25) is 9.52 Å². The lowest BCUT2D eigenvalue weighted by atomic mass is 10.1. The van der Waals surface area contributed by atoms with Gasteiger partial charge in [-0.05, 0) is 74.7 Å². The zero-order valence-electron chi connectivity index (χ0n) is 15.8. The highest BCUT2D eigenvalue weighted by molar-refractivity contribution is 7.92. The molecule has 1 heterocycles. The van der Waals surface area contributed by atoms with Crippen LogP contribution in [0.5, 0.6) is 5.75 Å². The number of nitrogens with one attached hydrogen (secondary N) is 1. The van der Waals surface area contributed by atoms with Crippen LogP contribution in [0.4, 0.5) is 11.4 Å². The van der Waals surface area contributed by atoms with E-state index in [0.29, 0.717) is 31.0 Å². The maximum Gasteiger partial charge on any atom is 0.261 e. The Kier molecular flexibility index (Phi) is 5.41. The molecule has 0 radical (unpaired) electrons. The van der Waals surface area contributed by atoms with Crippen LogP contribution in [-0.2, 0) is 14.8 Å². The van der Waals surface area contributed by atoms with Gasteiger partial charge < -0.3 is 9.64 Å². The Hall–Kier alpha value is -2.54. The first-order chi connectivity index (χ1) is 12.8. The van der Waals surface area contributed by atoms with Crippen molar-refractivity contribution in [2.45, 2.75) is 38.5 Å². The molecular formula is C20H24N2O4S. The predicted octanol–water partition coefficient (Wildman–Crippen LogP) is 3.63. The van der Waals surface area contributed by atoms with E-state index in [-0.39, 0.29) is 10.8 Å². The molecule has 144 valence electrons. The zero-order valence-corrected chi connectivity index (χ0v) is 16.6. The third kappa shape index (κ3) is 4.08. The number of ether oxygens (including phenoxy) is 1. The van der Waals surface area contributed by atoms with Crippen molar-refractivity contribution in [2.24, 2.45) is 0 Å². The number of rotatable bonds is 6. The Labute approximate surface area is 160 Å². The Morgan fingerprint density at radius 3 is 2.48 bits per heavy atom. The highest BCUT2D eigenvalue weighted by Crippen LogP contribution is 2.29. The van der Waals surface area contributed by atoms with Gasteiger partial charge in [0.15, 0.2) is 0 Å². The largest absolute Gasteiger partial charge is 0.494 e. The fourth-order valence-corrected chi connectivity index (χ4v) is 4.38. The molecule has 3 rings (SSSR count). The fraction of sp³-hybridized carbons (Fsp3) is 0.350. The average molecular weight is 388 g/mol. The molecule has 7 heteroatoms. The van der Waals surface area contributed by atoms with E-state index in [0.717, 1.165) is 23.2 Å². The maximum absolute atomic E-state index is 12.7. The molecule has 2 aromatic rings. The summed E-state index contributed by atoms with van der Waals surface area (Å²) in [5.41, 5.74) is 2.92. The highest BCUT2D eigenvalue weighted by atomic mass is 32.2. The van der Waals surface area contributed by atoms with Crippen molar-refractivity contribution in [1.82, 2.24) is 0 Å². The van der Waals surface area contributed by atoms with E-state index in [9.17, 15) is 13.2 Å². The van der Waals surface area contributed by atoms with Crippen molar-refractivity contribution < 1.29 is 17.9 Å². The van der Waals surface area contributed by atoms with Crippen LogP contribution in [0.3, 0.4) is 0 Å². The van der Waals surface area contributed by atoms with Gasteiger partial charge in [0.2, 0.25) is 5.91 Å². The van der Waals surface area contributed by atoms with Crippen LogP contribution in [-0.4, -0.2) is 27.5 Å². The Balaban J connectivity index is 1.82. The molecule has 0 unspecified atom stereocenters. The zero-order chi connectivity index (χ0) is 19.6. The van der Waals surface area contributed by atoms with Gasteiger partial charge in [-0.15, -0.1) is 0 Å². The number of hydrogen-bond donors (Lipinski definition) is 1. The lowest BCUT2D eigenvalue weighted by Gasteiger charge is -2.19. The molecule has 1 fully saturated rings. The van der Waals surface area contributed by atoms with Gasteiger partial charge in [-0.2, -0.15) is 0 Å². The first-order valence-corrected chi connectivity index (χ1v) is 10.5. The Bertz CT molecular complexity index is 970. The monoisotopic (exact) mass is 388 g/mol. The lowest BCUT2D eigenvalue weighted by Crippen LogP contribution is -2.24. The minimum absolute atomic E-state index is 0.108. The third-order valence-corrected chi connectivity index (χ3v) is 5.95. The Morgan fingerprint density at radius 1 is 1.11 bits per heavy atom. The number of benzene rings is 2. The van der Waals surface area contributed by atoms with E-state index in [1.807, 2.05) is 20.8 Å². The second kappa shape index (κ2) is 7.60. The summed E-state index contributed by atoms with van der Waals surface area (Å²) >= 11 is 0. The van der Waals surface area contributed by atoms with Crippen molar-refractivity contribution in [1.29, 1.82) is 0 Å². The van der Waals surface area contributed by atoms with Crippen molar-refractivity contribution >= 4 is 27.3 Å². The number of carbonyl (C=O) groups is 1. The number of aryl methyl sites for hydroxylation is 2. The summed E-state index contributed by atoms with van der Waals surface area (Å²) in [4.78, 5) is 13.9. The van der Waals surface area contributed by atoms with Crippen LogP contribution in [0.2, 0.25) is 0 Å². The van der Waals surface area contributed by atoms with Crippen LogP contribution in [0.1, 0.15) is 30.9 Å². The number of sulfonamides is 1.